The summed E-state index contributed by atoms with van der Waals surface area (Å²) in [7, 11) is 0. The molecule has 0 atom stereocenters. The van der Waals surface area contributed by atoms with Crippen LogP contribution in [0.2, 0.25) is 0 Å². The Morgan fingerprint density at radius 1 is 1.15 bits per heavy atom. The fourth-order valence-electron chi connectivity index (χ4n) is 2.93. The summed E-state index contributed by atoms with van der Waals surface area (Å²) in [4.78, 5) is 9.00. The lowest BCUT2D eigenvalue weighted by atomic mass is 9.97. The van der Waals surface area contributed by atoms with E-state index in [2.05, 4.69) is 36.4 Å². The molecule has 3 aromatic rings. The third-order valence-electron chi connectivity index (χ3n) is 3.95. The molecule has 2 aromatic heterocycles. The maximum atomic E-state index is 5.47. The van der Waals surface area contributed by atoms with Gasteiger partial charge in [0.2, 0.25) is 0 Å². The first kappa shape index (κ1) is 12.3. The molecule has 0 amide bonds. The summed E-state index contributed by atoms with van der Waals surface area (Å²) in [6, 6.07) is 6.17. The third-order valence-corrected chi connectivity index (χ3v) is 4.45. The number of benzene rings is 1. The van der Waals surface area contributed by atoms with Gasteiger partial charge in [-0.25, -0.2) is 4.98 Å². The van der Waals surface area contributed by atoms with Crippen LogP contribution in [0, 0.1) is 0 Å². The van der Waals surface area contributed by atoms with Gasteiger partial charge in [0.25, 0.3) is 0 Å². The molecule has 5 heteroatoms. The molecular weight excluding hydrogens is 318 g/mol. The van der Waals surface area contributed by atoms with Gasteiger partial charge < -0.3 is 4.74 Å². The maximum Gasteiger partial charge on any atom is 0.156 e. The van der Waals surface area contributed by atoms with Crippen molar-refractivity contribution in [2.45, 2.75) is 18.8 Å². The standard InChI is InChI=1S/C15H14BrN3O/c16-11-1-2-12-13(7-11)19-14(8-18-15(19)9-17-12)10-3-5-20-6-4-10/h1-2,7-10H,3-6H2. The van der Waals surface area contributed by atoms with Gasteiger partial charge in [0.1, 0.15) is 0 Å². The predicted molar refractivity (Wildman–Crippen MR) is 81.0 cm³/mol. The van der Waals surface area contributed by atoms with Crippen molar-refractivity contribution >= 4 is 32.6 Å². The van der Waals surface area contributed by atoms with Crippen LogP contribution in [0.3, 0.4) is 0 Å². The number of hydrogen-bond acceptors (Lipinski definition) is 3. The van der Waals surface area contributed by atoms with Gasteiger partial charge in [-0.15, -0.1) is 0 Å². The number of halogens is 1. The van der Waals surface area contributed by atoms with Gasteiger partial charge in [-0.2, -0.15) is 0 Å². The van der Waals surface area contributed by atoms with E-state index >= 15 is 0 Å². The molecule has 1 aromatic carbocycles. The summed E-state index contributed by atoms with van der Waals surface area (Å²) < 4.78 is 8.77. The molecular formula is C15H14BrN3O. The van der Waals surface area contributed by atoms with Gasteiger partial charge in [0.05, 0.1) is 17.2 Å². The molecule has 0 bridgehead atoms. The fourth-order valence-corrected chi connectivity index (χ4v) is 3.28. The van der Waals surface area contributed by atoms with Crippen molar-refractivity contribution < 1.29 is 4.74 Å². The Kier molecular flexibility index (Phi) is 2.97. The van der Waals surface area contributed by atoms with Gasteiger partial charge in [-0.3, -0.25) is 9.38 Å². The molecule has 102 valence electrons. The van der Waals surface area contributed by atoms with E-state index < -0.39 is 0 Å². The maximum absolute atomic E-state index is 5.47. The summed E-state index contributed by atoms with van der Waals surface area (Å²) in [6.07, 6.45) is 5.96. The average Bonchev–Trinajstić information content (AvgIpc) is 2.92. The number of ether oxygens (including phenoxy) is 1. The molecule has 20 heavy (non-hydrogen) atoms. The lowest BCUT2D eigenvalue weighted by molar-refractivity contribution is 0.0844. The normalized spacial score (nSPS) is 17.1. The Bertz CT molecular complexity index is 777. The third kappa shape index (κ3) is 1.93. The van der Waals surface area contributed by atoms with Crippen molar-refractivity contribution in [2.24, 2.45) is 0 Å². The van der Waals surface area contributed by atoms with Crippen LogP contribution in [0.25, 0.3) is 16.7 Å². The molecule has 0 N–H and O–H groups in total. The summed E-state index contributed by atoms with van der Waals surface area (Å²) >= 11 is 3.55. The quantitative estimate of drug-likeness (QED) is 0.684. The molecule has 4 rings (SSSR count). The highest BCUT2D eigenvalue weighted by Gasteiger charge is 2.20. The van der Waals surface area contributed by atoms with Gasteiger partial charge in [0, 0.05) is 35.5 Å². The number of nitrogens with zero attached hydrogens (tertiary/aromatic N) is 3. The molecule has 3 heterocycles. The van der Waals surface area contributed by atoms with Crippen LogP contribution in [-0.2, 0) is 4.74 Å². The molecule has 4 nitrogen and oxygen atoms in total. The van der Waals surface area contributed by atoms with Crippen LogP contribution in [0.5, 0.6) is 0 Å². The summed E-state index contributed by atoms with van der Waals surface area (Å²) in [6.45, 7) is 1.68. The second kappa shape index (κ2) is 4.82. The first-order chi connectivity index (χ1) is 9.83. The summed E-state index contributed by atoms with van der Waals surface area (Å²) in [5, 5.41) is 0. The largest absolute Gasteiger partial charge is 0.381 e. The SMILES string of the molecule is Brc1ccc2ncc3ncc(C4CCOCC4)n3c2c1. The van der Waals surface area contributed by atoms with Gasteiger partial charge in [0.15, 0.2) is 5.65 Å². The number of hydrogen-bond donors (Lipinski definition) is 0. The minimum Gasteiger partial charge on any atom is -0.381 e. The van der Waals surface area contributed by atoms with E-state index in [0.29, 0.717) is 5.92 Å². The van der Waals surface area contributed by atoms with E-state index in [1.807, 2.05) is 24.5 Å². The van der Waals surface area contributed by atoms with E-state index in [9.17, 15) is 0 Å². The summed E-state index contributed by atoms with van der Waals surface area (Å²) in [5.74, 6) is 0.517. The second-order valence-corrected chi connectivity index (χ2v) is 6.07. The van der Waals surface area contributed by atoms with Crippen LogP contribution in [-0.4, -0.2) is 27.6 Å². The lowest BCUT2D eigenvalue weighted by Crippen LogP contribution is -2.15. The van der Waals surface area contributed by atoms with E-state index in [1.165, 1.54) is 5.69 Å². The van der Waals surface area contributed by atoms with Crippen LogP contribution in [0.1, 0.15) is 24.5 Å². The summed E-state index contributed by atoms with van der Waals surface area (Å²) in [5.41, 5.74) is 4.29. The minimum absolute atomic E-state index is 0.517. The number of rotatable bonds is 1. The zero-order valence-corrected chi connectivity index (χ0v) is 12.5. The first-order valence-corrected chi connectivity index (χ1v) is 7.61. The Hall–Kier alpha value is -1.46. The van der Waals surface area contributed by atoms with Crippen molar-refractivity contribution in [3.05, 3.63) is 40.8 Å². The predicted octanol–water partition coefficient (Wildman–Crippen LogP) is 3.54. The molecule has 0 saturated carbocycles. The van der Waals surface area contributed by atoms with Crippen LogP contribution in [0.15, 0.2) is 35.1 Å². The second-order valence-electron chi connectivity index (χ2n) is 5.15. The molecule has 1 fully saturated rings. The van der Waals surface area contributed by atoms with E-state index in [1.54, 1.807) is 0 Å². The van der Waals surface area contributed by atoms with Crippen molar-refractivity contribution in [2.75, 3.05) is 13.2 Å². The zero-order valence-electron chi connectivity index (χ0n) is 10.9. The fraction of sp³-hybridized carbons (Fsp3) is 0.333. The van der Waals surface area contributed by atoms with E-state index in [0.717, 1.165) is 47.2 Å². The first-order valence-electron chi connectivity index (χ1n) is 6.82. The van der Waals surface area contributed by atoms with Crippen molar-refractivity contribution in [3.8, 4) is 0 Å². The topological polar surface area (TPSA) is 39.4 Å². The van der Waals surface area contributed by atoms with Crippen LogP contribution < -0.4 is 0 Å². The molecule has 1 aliphatic rings. The van der Waals surface area contributed by atoms with Crippen molar-refractivity contribution in [3.63, 3.8) is 0 Å². The Labute approximate surface area is 124 Å². The Morgan fingerprint density at radius 2 is 2.00 bits per heavy atom. The molecule has 0 radical (unpaired) electrons. The molecule has 0 aliphatic carbocycles. The van der Waals surface area contributed by atoms with Gasteiger partial charge in [-0.05, 0) is 31.0 Å². The van der Waals surface area contributed by atoms with E-state index in [4.69, 9.17) is 4.74 Å². The smallest absolute Gasteiger partial charge is 0.156 e. The number of fused-ring (bicyclic) bond motifs is 3. The van der Waals surface area contributed by atoms with Crippen molar-refractivity contribution in [1.29, 1.82) is 0 Å². The highest BCUT2D eigenvalue weighted by Crippen LogP contribution is 2.30. The monoisotopic (exact) mass is 331 g/mol. The average molecular weight is 332 g/mol. The lowest BCUT2D eigenvalue weighted by Gasteiger charge is -2.22. The minimum atomic E-state index is 0.517. The Morgan fingerprint density at radius 3 is 2.85 bits per heavy atom. The van der Waals surface area contributed by atoms with E-state index in [-0.39, 0.29) is 0 Å². The zero-order chi connectivity index (χ0) is 13.5. The van der Waals surface area contributed by atoms with Crippen molar-refractivity contribution in [1.82, 2.24) is 14.4 Å². The highest BCUT2D eigenvalue weighted by atomic mass is 79.9. The Balaban J connectivity index is 1.99. The number of aromatic nitrogens is 3. The van der Waals surface area contributed by atoms with Crippen LogP contribution in [0.4, 0.5) is 0 Å². The van der Waals surface area contributed by atoms with Crippen LogP contribution >= 0.6 is 15.9 Å². The highest BCUT2D eigenvalue weighted by molar-refractivity contribution is 9.10. The molecule has 0 unspecified atom stereocenters. The van der Waals surface area contributed by atoms with Gasteiger partial charge in [-0.1, -0.05) is 15.9 Å². The number of imidazole rings is 1. The molecule has 0 spiro atoms. The van der Waals surface area contributed by atoms with Gasteiger partial charge >= 0.3 is 0 Å². The molecule has 1 aliphatic heterocycles. The molecule has 1 saturated heterocycles.